The summed E-state index contributed by atoms with van der Waals surface area (Å²) in [7, 11) is 0. The van der Waals surface area contributed by atoms with Crippen LogP contribution < -0.4 is 4.74 Å². The Bertz CT molecular complexity index is 615. The van der Waals surface area contributed by atoms with Gasteiger partial charge in [0.25, 0.3) is 0 Å². The maximum Gasteiger partial charge on any atom is 0.315 e. The molecule has 0 aliphatic rings. The minimum absolute atomic E-state index is 0.0240. The van der Waals surface area contributed by atoms with E-state index in [9.17, 15) is 9.59 Å². The molecule has 2 aromatic rings. The topological polar surface area (TPSA) is 43.4 Å². The van der Waals surface area contributed by atoms with Gasteiger partial charge in [0, 0.05) is 10.6 Å². The molecule has 0 spiro atoms. The molecule has 0 amide bonds. The van der Waals surface area contributed by atoms with Gasteiger partial charge in [-0.15, -0.1) is 0 Å². The highest BCUT2D eigenvalue weighted by Crippen LogP contribution is 2.14. The summed E-state index contributed by atoms with van der Waals surface area (Å²) in [5, 5.41) is 0.627. The van der Waals surface area contributed by atoms with Crippen LogP contribution in [0.15, 0.2) is 48.5 Å². The molecule has 0 aliphatic heterocycles. The Morgan fingerprint density at radius 3 is 2.15 bits per heavy atom. The maximum absolute atomic E-state index is 11.8. The Balaban J connectivity index is 1.97. The van der Waals surface area contributed by atoms with Crippen molar-refractivity contribution in [3.05, 3.63) is 64.7 Å². The van der Waals surface area contributed by atoms with Crippen LogP contribution in [0.3, 0.4) is 0 Å². The van der Waals surface area contributed by atoms with Crippen molar-refractivity contribution in [2.45, 2.75) is 13.3 Å². The lowest BCUT2D eigenvalue weighted by Crippen LogP contribution is -2.11. The summed E-state index contributed by atoms with van der Waals surface area (Å²) >= 11 is 5.77. The van der Waals surface area contributed by atoms with E-state index in [0.29, 0.717) is 16.3 Å². The van der Waals surface area contributed by atoms with Gasteiger partial charge < -0.3 is 4.74 Å². The summed E-state index contributed by atoms with van der Waals surface area (Å²) in [5.41, 5.74) is 1.42. The van der Waals surface area contributed by atoms with E-state index in [0.717, 1.165) is 5.56 Å². The van der Waals surface area contributed by atoms with Crippen LogP contribution in [0.5, 0.6) is 5.75 Å². The molecule has 2 aromatic carbocycles. The van der Waals surface area contributed by atoms with Crippen LogP contribution in [0.2, 0.25) is 5.02 Å². The monoisotopic (exact) mass is 288 g/mol. The lowest BCUT2D eigenvalue weighted by Gasteiger charge is -2.05. The smallest absolute Gasteiger partial charge is 0.315 e. The summed E-state index contributed by atoms with van der Waals surface area (Å²) < 4.78 is 5.20. The number of Topliss-reactive ketones (excluding diaryl/α,β-unsaturated/α-hetero) is 1. The second kappa shape index (κ2) is 6.35. The molecule has 102 valence electrons. The number of halogens is 1. The van der Waals surface area contributed by atoms with Crippen LogP contribution in [0.25, 0.3) is 0 Å². The SMILES string of the molecule is CC(=O)c1ccc(OC(=O)Cc2ccc(Cl)cc2)cc1. The van der Waals surface area contributed by atoms with E-state index in [1.54, 1.807) is 48.5 Å². The highest BCUT2D eigenvalue weighted by atomic mass is 35.5. The molecule has 0 atom stereocenters. The lowest BCUT2D eigenvalue weighted by molar-refractivity contribution is -0.133. The average Bonchev–Trinajstić information content (AvgIpc) is 2.42. The van der Waals surface area contributed by atoms with E-state index in [-0.39, 0.29) is 18.2 Å². The van der Waals surface area contributed by atoms with Gasteiger partial charge >= 0.3 is 5.97 Å². The van der Waals surface area contributed by atoms with E-state index >= 15 is 0 Å². The molecular formula is C16H13ClO3. The van der Waals surface area contributed by atoms with Gasteiger partial charge in [-0.1, -0.05) is 23.7 Å². The third-order valence-electron chi connectivity index (χ3n) is 2.75. The summed E-state index contributed by atoms with van der Waals surface area (Å²) in [6, 6.07) is 13.5. The molecule has 3 nitrogen and oxygen atoms in total. The molecule has 0 unspecified atom stereocenters. The second-order valence-electron chi connectivity index (χ2n) is 4.36. The second-order valence-corrected chi connectivity index (χ2v) is 4.79. The fraction of sp³-hybridized carbons (Fsp3) is 0.125. The molecule has 2 rings (SSSR count). The molecule has 0 aliphatic carbocycles. The van der Waals surface area contributed by atoms with Crippen molar-refractivity contribution in [3.8, 4) is 5.75 Å². The molecule has 4 heteroatoms. The van der Waals surface area contributed by atoms with Crippen molar-refractivity contribution in [3.63, 3.8) is 0 Å². The van der Waals surface area contributed by atoms with Crippen molar-refractivity contribution in [2.24, 2.45) is 0 Å². The minimum atomic E-state index is -0.358. The Labute approximate surface area is 122 Å². The third-order valence-corrected chi connectivity index (χ3v) is 3.01. The Morgan fingerprint density at radius 2 is 1.60 bits per heavy atom. The first kappa shape index (κ1) is 14.3. The first-order valence-electron chi connectivity index (χ1n) is 6.11. The van der Waals surface area contributed by atoms with E-state index in [1.165, 1.54) is 6.92 Å². The Kier molecular flexibility index (Phi) is 4.53. The van der Waals surface area contributed by atoms with Gasteiger partial charge in [0.05, 0.1) is 6.42 Å². The van der Waals surface area contributed by atoms with Crippen LogP contribution in [0.4, 0.5) is 0 Å². The molecule has 0 N–H and O–H groups in total. The van der Waals surface area contributed by atoms with Crippen molar-refractivity contribution in [1.29, 1.82) is 0 Å². The van der Waals surface area contributed by atoms with Gasteiger partial charge in [-0.05, 0) is 48.9 Å². The maximum atomic E-state index is 11.8. The number of esters is 1. The zero-order valence-electron chi connectivity index (χ0n) is 10.9. The molecule has 0 radical (unpaired) electrons. The average molecular weight is 289 g/mol. The van der Waals surface area contributed by atoms with Crippen LogP contribution in [-0.2, 0) is 11.2 Å². The molecule has 0 aromatic heterocycles. The fourth-order valence-corrected chi connectivity index (χ4v) is 1.82. The van der Waals surface area contributed by atoms with Gasteiger partial charge in [0.15, 0.2) is 5.78 Å². The van der Waals surface area contributed by atoms with E-state index in [4.69, 9.17) is 16.3 Å². The molecular weight excluding hydrogens is 276 g/mol. The van der Waals surface area contributed by atoms with Crippen LogP contribution in [0, 0.1) is 0 Å². The molecule has 0 heterocycles. The summed E-state index contributed by atoms with van der Waals surface area (Å²) in [4.78, 5) is 22.9. The van der Waals surface area contributed by atoms with Crippen molar-refractivity contribution < 1.29 is 14.3 Å². The number of rotatable bonds is 4. The van der Waals surface area contributed by atoms with E-state index < -0.39 is 0 Å². The number of hydrogen-bond acceptors (Lipinski definition) is 3. The molecule has 20 heavy (non-hydrogen) atoms. The zero-order chi connectivity index (χ0) is 14.5. The number of ether oxygens (including phenoxy) is 1. The van der Waals surface area contributed by atoms with Gasteiger partial charge in [-0.3, -0.25) is 9.59 Å². The Morgan fingerprint density at radius 1 is 1.00 bits per heavy atom. The first-order valence-corrected chi connectivity index (χ1v) is 6.48. The lowest BCUT2D eigenvalue weighted by atomic mass is 10.1. The van der Waals surface area contributed by atoms with Gasteiger partial charge in [0.2, 0.25) is 0 Å². The molecule has 0 bridgehead atoms. The predicted octanol–water partition coefficient (Wildman–Crippen LogP) is 3.69. The molecule has 0 fully saturated rings. The highest BCUT2D eigenvalue weighted by Gasteiger charge is 2.07. The van der Waals surface area contributed by atoms with Crippen molar-refractivity contribution in [2.75, 3.05) is 0 Å². The number of carbonyl (C=O) groups is 2. The fourth-order valence-electron chi connectivity index (χ4n) is 1.69. The largest absolute Gasteiger partial charge is 0.426 e. The minimum Gasteiger partial charge on any atom is -0.426 e. The van der Waals surface area contributed by atoms with Crippen LogP contribution in [-0.4, -0.2) is 11.8 Å². The van der Waals surface area contributed by atoms with Crippen LogP contribution in [0.1, 0.15) is 22.8 Å². The predicted molar refractivity (Wildman–Crippen MR) is 77.2 cm³/mol. The standard InChI is InChI=1S/C16H13ClO3/c1-11(18)13-4-8-15(9-5-13)20-16(19)10-12-2-6-14(17)7-3-12/h2-9H,10H2,1H3. The molecule has 0 saturated heterocycles. The molecule has 0 saturated carbocycles. The number of benzene rings is 2. The van der Waals surface area contributed by atoms with Crippen molar-refractivity contribution in [1.82, 2.24) is 0 Å². The third kappa shape index (κ3) is 3.93. The van der Waals surface area contributed by atoms with E-state index in [2.05, 4.69) is 0 Å². The summed E-state index contributed by atoms with van der Waals surface area (Å²) in [6.45, 7) is 1.49. The zero-order valence-corrected chi connectivity index (χ0v) is 11.7. The highest BCUT2D eigenvalue weighted by molar-refractivity contribution is 6.30. The van der Waals surface area contributed by atoms with Gasteiger partial charge in [-0.2, -0.15) is 0 Å². The number of ketones is 1. The van der Waals surface area contributed by atoms with Gasteiger partial charge in [0.1, 0.15) is 5.75 Å². The summed E-state index contributed by atoms with van der Waals surface area (Å²) in [5.74, 6) is 0.0425. The quantitative estimate of drug-likeness (QED) is 0.489. The Hall–Kier alpha value is -2.13. The van der Waals surface area contributed by atoms with Crippen LogP contribution >= 0.6 is 11.6 Å². The van der Waals surface area contributed by atoms with Crippen molar-refractivity contribution >= 4 is 23.4 Å². The normalized spacial score (nSPS) is 10.1. The van der Waals surface area contributed by atoms with E-state index in [1.807, 2.05) is 0 Å². The number of hydrogen-bond donors (Lipinski definition) is 0. The number of carbonyl (C=O) groups excluding carboxylic acids is 2. The first-order chi connectivity index (χ1) is 9.54. The van der Waals surface area contributed by atoms with Gasteiger partial charge in [-0.25, -0.2) is 0 Å². The summed E-state index contributed by atoms with van der Waals surface area (Å²) in [6.07, 6.45) is 0.172.